The fraction of sp³-hybridized carbons (Fsp3) is 0. The molecule has 0 aliphatic heterocycles. The monoisotopic (exact) mass is 84.0 g/mol. The molecule has 0 unspecified atom stereocenters. The van der Waals surface area contributed by atoms with Gasteiger partial charge in [0.15, 0.2) is 9.76 Å². The van der Waals surface area contributed by atoms with E-state index < -0.39 is 9.76 Å². The molecule has 2 radical (unpaired) electrons. The fourth-order valence-electron chi connectivity index (χ4n) is 0.0680. The molecule has 0 atom stereocenters. The molecule has 5 heavy (non-hydrogen) atoms. The summed E-state index contributed by atoms with van der Waals surface area (Å²) in [6, 6.07) is 0. The van der Waals surface area contributed by atoms with Gasteiger partial charge in [-0.2, -0.15) is 0 Å². The van der Waals surface area contributed by atoms with Gasteiger partial charge in [-0.1, -0.05) is 5.70 Å². The van der Waals surface area contributed by atoms with Crippen LogP contribution in [0.15, 0.2) is 12.3 Å². The van der Waals surface area contributed by atoms with Crippen molar-refractivity contribution in [2.24, 2.45) is 0 Å². The molecule has 0 saturated heterocycles. The van der Waals surface area contributed by atoms with Crippen molar-refractivity contribution >= 4 is 17.8 Å². The third kappa shape index (κ3) is 3.98. The van der Waals surface area contributed by atoms with E-state index in [0.717, 1.165) is 0 Å². The third-order valence-corrected chi connectivity index (χ3v) is 0.642. The SMILES string of the molecule is [B]O[SiH2]C=C. The van der Waals surface area contributed by atoms with Gasteiger partial charge in [0.1, 0.15) is 0 Å². The smallest absolute Gasteiger partial charge is 0.263 e. The molecule has 0 aliphatic carbocycles. The van der Waals surface area contributed by atoms with Gasteiger partial charge in [-0.25, -0.2) is 0 Å². The van der Waals surface area contributed by atoms with Crippen LogP contribution in [-0.4, -0.2) is 17.8 Å². The fourth-order valence-corrected chi connectivity index (χ4v) is 0.204. The van der Waals surface area contributed by atoms with Crippen LogP contribution in [0.25, 0.3) is 0 Å². The average Bonchev–Trinajstić information content (AvgIpc) is 1.41. The molecule has 0 saturated carbocycles. The van der Waals surface area contributed by atoms with Crippen LogP contribution in [0.3, 0.4) is 0 Å². The lowest BCUT2D eigenvalue weighted by atomic mass is 10.6. The maximum Gasteiger partial charge on any atom is 0.263 e. The van der Waals surface area contributed by atoms with Crippen molar-refractivity contribution in [1.82, 2.24) is 0 Å². The average molecular weight is 84.0 g/mol. The van der Waals surface area contributed by atoms with E-state index in [4.69, 9.17) is 0 Å². The van der Waals surface area contributed by atoms with E-state index in [-0.39, 0.29) is 0 Å². The van der Waals surface area contributed by atoms with Gasteiger partial charge in [-0.3, -0.25) is 0 Å². The summed E-state index contributed by atoms with van der Waals surface area (Å²) >= 11 is 0. The summed E-state index contributed by atoms with van der Waals surface area (Å²) in [5, 5.41) is 0. The Bertz CT molecular complexity index is 30.8. The molecule has 0 aliphatic rings. The minimum atomic E-state index is -0.526. The third-order valence-electron chi connectivity index (χ3n) is 0.214. The van der Waals surface area contributed by atoms with Crippen LogP contribution in [-0.2, 0) is 4.34 Å². The molecule has 0 aromatic rings. The van der Waals surface area contributed by atoms with Crippen LogP contribution >= 0.6 is 0 Å². The van der Waals surface area contributed by atoms with Gasteiger partial charge in [0.2, 0.25) is 0 Å². The summed E-state index contributed by atoms with van der Waals surface area (Å²) in [6.45, 7) is 3.41. The molecule has 26 valence electrons. The van der Waals surface area contributed by atoms with Crippen LogP contribution in [0, 0.1) is 0 Å². The summed E-state index contributed by atoms with van der Waals surface area (Å²) in [5.74, 6) is 0. The van der Waals surface area contributed by atoms with Crippen molar-refractivity contribution in [2.75, 3.05) is 0 Å². The Labute approximate surface area is 35.4 Å². The van der Waals surface area contributed by atoms with E-state index >= 15 is 0 Å². The molecule has 0 aromatic carbocycles. The number of rotatable bonds is 2. The maximum absolute atomic E-state index is 4.63. The zero-order valence-electron chi connectivity index (χ0n) is 2.98. The maximum atomic E-state index is 4.63. The minimum Gasteiger partial charge on any atom is -0.486 e. The van der Waals surface area contributed by atoms with Gasteiger partial charge in [0, 0.05) is 0 Å². The van der Waals surface area contributed by atoms with Gasteiger partial charge in [0.05, 0.1) is 0 Å². The van der Waals surface area contributed by atoms with Gasteiger partial charge in [-0.15, -0.1) is 6.58 Å². The second-order valence-electron chi connectivity index (χ2n) is 0.622. The molecule has 0 amide bonds. The molecule has 0 heterocycles. The number of hydrogen-bond donors (Lipinski definition) is 0. The normalized spacial score (nSPS) is 9.60. The van der Waals surface area contributed by atoms with Crippen LogP contribution in [0.1, 0.15) is 0 Å². The molecule has 0 N–H and O–H groups in total. The second kappa shape index (κ2) is 3.98. The Kier molecular flexibility index (Phi) is 3.97. The van der Waals surface area contributed by atoms with Crippen molar-refractivity contribution in [3.63, 3.8) is 0 Å². The minimum absolute atomic E-state index is 0.526. The predicted octanol–water partition coefficient (Wildman–Crippen LogP) is -0.686. The largest absolute Gasteiger partial charge is 0.486 e. The second-order valence-corrected chi connectivity index (χ2v) is 1.87. The van der Waals surface area contributed by atoms with E-state index in [9.17, 15) is 0 Å². The number of hydrogen-bond acceptors (Lipinski definition) is 1. The first-order valence-corrected chi connectivity index (χ1v) is 2.73. The van der Waals surface area contributed by atoms with Crippen molar-refractivity contribution in [1.29, 1.82) is 0 Å². The van der Waals surface area contributed by atoms with Crippen molar-refractivity contribution < 1.29 is 4.34 Å². The van der Waals surface area contributed by atoms with Gasteiger partial charge in [0.25, 0.3) is 8.05 Å². The molecular weight excluding hydrogens is 78.9 g/mol. The highest BCUT2D eigenvalue weighted by molar-refractivity contribution is 6.39. The van der Waals surface area contributed by atoms with Crippen molar-refractivity contribution in [3.8, 4) is 0 Å². The first-order chi connectivity index (χ1) is 2.41. The van der Waals surface area contributed by atoms with Gasteiger partial charge >= 0.3 is 0 Å². The highest BCUT2D eigenvalue weighted by Gasteiger charge is 1.61. The topological polar surface area (TPSA) is 9.23 Å². The summed E-state index contributed by atoms with van der Waals surface area (Å²) in [6.07, 6.45) is 0. The van der Waals surface area contributed by atoms with E-state index in [1.807, 2.05) is 0 Å². The first kappa shape index (κ1) is 4.98. The Hall–Kier alpha value is -0.0182. The van der Waals surface area contributed by atoms with Gasteiger partial charge < -0.3 is 4.34 Å². The van der Waals surface area contributed by atoms with E-state index in [1.54, 1.807) is 5.70 Å². The van der Waals surface area contributed by atoms with E-state index in [0.29, 0.717) is 0 Å². The lowest BCUT2D eigenvalue weighted by Gasteiger charge is -1.78. The summed E-state index contributed by atoms with van der Waals surface area (Å²) < 4.78 is 4.21. The Morgan fingerprint density at radius 1 is 2.00 bits per heavy atom. The lowest BCUT2D eigenvalue weighted by Crippen LogP contribution is -1.85. The zero-order valence-corrected chi connectivity index (χ0v) is 4.39. The Morgan fingerprint density at radius 2 is 2.60 bits per heavy atom. The predicted molar refractivity (Wildman–Crippen MR) is 25.6 cm³/mol. The zero-order chi connectivity index (χ0) is 4.12. The molecule has 1 nitrogen and oxygen atoms in total. The Morgan fingerprint density at radius 3 is 2.60 bits per heavy atom. The standard InChI is InChI=1S/C2H5BOSi/c1-2-5-4-3/h2H,1,5H2. The quantitative estimate of drug-likeness (QED) is 0.402. The summed E-state index contributed by atoms with van der Waals surface area (Å²) in [5.41, 5.74) is 1.72. The molecule has 0 rings (SSSR count). The summed E-state index contributed by atoms with van der Waals surface area (Å²) in [7, 11) is 4.10. The summed E-state index contributed by atoms with van der Waals surface area (Å²) in [4.78, 5) is 0. The molecule has 0 fully saturated rings. The first-order valence-electron chi connectivity index (χ1n) is 1.34. The van der Waals surface area contributed by atoms with E-state index in [1.165, 1.54) is 0 Å². The molecular formula is C2H5BOSi. The van der Waals surface area contributed by atoms with Crippen LogP contribution in [0.4, 0.5) is 0 Å². The van der Waals surface area contributed by atoms with Crippen LogP contribution in [0.5, 0.6) is 0 Å². The Balaban J connectivity index is 2.40. The van der Waals surface area contributed by atoms with E-state index in [2.05, 4.69) is 19.0 Å². The molecule has 0 spiro atoms. The lowest BCUT2D eigenvalue weighted by molar-refractivity contribution is 0.676. The molecule has 3 heteroatoms. The molecule has 0 bridgehead atoms. The van der Waals surface area contributed by atoms with Crippen LogP contribution in [0.2, 0.25) is 0 Å². The van der Waals surface area contributed by atoms with Crippen molar-refractivity contribution in [2.45, 2.75) is 0 Å². The highest BCUT2D eigenvalue weighted by atomic mass is 28.2. The van der Waals surface area contributed by atoms with Crippen molar-refractivity contribution in [3.05, 3.63) is 12.3 Å². The highest BCUT2D eigenvalue weighted by Crippen LogP contribution is 1.53. The van der Waals surface area contributed by atoms with Gasteiger partial charge in [-0.05, 0) is 0 Å². The van der Waals surface area contributed by atoms with Crippen LogP contribution < -0.4 is 0 Å². The molecule has 0 aromatic heterocycles.